The Labute approximate surface area is 107 Å². The van der Waals surface area contributed by atoms with Crippen LogP contribution in [0.4, 0.5) is 0 Å². The summed E-state index contributed by atoms with van der Waals surface area (Å²) in [6.45, 7) is 5.72. The first kappa shape index (κ1) is 14.2. The van der Waals surface area contributed by atoms with Gasteiger partial charge in [-0.3, -0.25) is 0 Å². The number of rotatable bonds is 6. The second kappa shape index (κ2) is 6.20. The van der Waals surface area contributed by atoms with E-state index in [0.29, 0.717) is 0 Å². The molecular formula is C13H20N3O2+. The van der Waals surface area contributed by atoms with Crippen molar-refractivity contribution in [2.75, 3.05) is 0 Å². The van der Waals surface area contributed by atoms with Crippen molar-refractivity contribution in [2.24, 2.45) is 0 Å². The van der Waals surface area contributed by atoms with Crippen LogP contribution in [-0.2, 0) is 17.8 Å². The van der Waals surface area contributed by atoms with E-state index < -0.39 is 5.97 Å². The summed E-state index contributed by atoms with van der Waals surface area (Å²) in [6, 6.07) is 1.90. The number of aryl methyl sites for hydroxylation is 1. The Hall–Kier alpha value is -1.83. The number of carboxylic acid groups (broad SMARTS) is 1. The Balaban J connectivity index is 3.14. The van der Waals surface area contributed by atoms with Crippen LogP contribution < -0.4 is 4.57 Å². The van der Waals surface area contributed by atoms with Gasteiger partial charge in [0, 0.05) is 13.3 Å². The summed E-state index contributed by atoms with van der Waals surface area (Å²) in [4.78, 5) is 10.9. The van der Waals surface area contributed by atoms with Gasteiger partial charge in [-0.05, 0) is 13.3 Å². The molecule has 1 N–H and O–H groups in total. The van der Waals surface area contributed by atoms with Crippen molar-refractivity contribution in [3.63, 3.8) is 0 Å². The van der Waals surface area contributed by atoms with Gasteiger partial charge in [-0.1, -0.05) is 13.3 Å². The van der Waals surface area contributed by atoms with Crippen molar-refractivity contribution in [1.29, 1.82) is 5.26 Å². The van der Waals surface area contributed by atoms with E-state index in [4.69, 9.17) is 10.4 Å². The number of aromatic nitrogens is 2. The smallest absolute Gasteiger partial charge is 0.346 e. The van der Waals surface area contributed by atoms with Crippen molar-refractivity contribution in [1.82, 2.24) is 4.57 Å². The summed E-state index contributed by atoms with van der Waals surface area (Å²) < 4.78 is 3.62. The highest BCUT2D eigenvalue weighted by molar-refractivity contribution is 5.66. The first-order valence-corrected chi connectivity index (χ1v) is 6.22. The van der Waals surface area contributed by atoms with Crippen molar-refractivity contribution in [3.05, 3.63) is 17.7 Å². The number of nitriles is 1. The molecule has 98 valence electrons. The number of imidazole rings is 1. The Morgan fingerprint density at radius 1 is 1.67 bits per heavy atom. The molecule has 0 aliphatic rings. The molecule has 1 heterocycles. The lowest BCUT2D eigenvalue weighted by molar-refractivity contribution is -0.712. The third kappa shape index (κ3) is 3.10. The van der Waals surface area contributed by atoms with Gasteiger partial charge >= 0.3 is 5.97 Å². The lowest BCUT2D eigenvalue weighted by atomic mass is 10.2. The van der Waals surface area contributed by atoms with Gasteiger partial charge in [-0.25, -0.2) is 13.9 Å². The molecule has 1 unspecified atom stereocenters. The molecule has 1 aromatic rings. The summed E-state index contributed by atoms with van der Waals surface area (Å²) in [5, 5.41) is 17.9. The molecule has 18 heavy (non-hydrogen) atoms. The third-order valence-electron chi connectivity index (χ3n) is 3.08. The molecule has 0 spiro atoms. The zero-order valence-electron chi connectivity index (χ0n) is 11.2. The zero-order valence-corrected chi connectivity index (χ0v) is 11.2. The van der Waals surface area contributed by atoms with Crippen LogP contribution in [0.25, 0.3) is 0 Å². The molecule has 0 fully saturated rings. The molecule has 5 nitrogen and oxygen atoms in total. The average Bonchev–Trinajstić information content (AvgIpc) is 2.63. The molecule has 0 aliphatic carbocycles. The normalized spacial score (nSPS) is 12.1. The fourth-order valence-corrected chi connectivity index (χ4v) is 2.03. The second-order valence-corrected chi connectivity index (χ2v) is 4.46. The summed E-state index contributed by atoms with van der Waals surface area (Å²) in [5.41, 5.74) is 0.985. The van der Waals surface area contributed by atoms with Crippen molar-refractivity contribution in [2.45, 2.75) is 52.6 Å². The number of aliphatic carboxylic acids is 1. The van der Waals surface area contributed by atoms with Crippen LogP contribution in [0.2, 0.25) is 0 Å². The molecule has 0 saturated heterocycles. The minimum atomic E-state index is -0.858. The molecule has 1 rings (SSSR count). The first-order valence-electron chi connectivity index (χ1n) is 6.22. The van der Waals surface area contributed by atoms with Crippen molar-refractivity contribution >= 4 is 5.97 Å². The van der Waals surface area contributed by atoms with Gasteiger partial charge < -0.3 is 5.11 Å². The summed E-state index contributed by atoms with van der Waals surface area (Å²) in [6.07, 6.45) is 4.83. The quantitative estimate of drug-likeness (QED) is 0.779. The van der Waals surface area contributed by atoms with Crippen LogP contribution in [0, 0.1) is 18.3 Å². The van der Waals surface area contributed by atoms with E-state index in [1.165, 1.54) is 0 Å². The van der Waals surface area contributed by atoms with E-state index in [0.717, 1.165) is 30.8 Å². The first-order chi connectivity index (χ1) is 8.51. The highest BCUT2D eigenvalue weighted by atomic mass is 16.4. The van der Waals surface area contributed by atoms with Crippen LogP contribution >= 0.6 is 0 Å². The molecule has 1 aromatic heterocycles. The number of carboxylic acids is 1. The van der Waals surface area contributed by atoms with Crippen LogP contribution in [0.5, 0.6) is 0 Å². The van der Waals surface area contributed by atoms with Gasteiger partial charge in [-0.2, -0.15) is 5.26 Å². The lowest BCUT2D eigenvalue weighted by Crippen LogP contribution is -2.38. The Morgan fingerprint density at radius 3 is 2.83 bits per heavy atom. The van der Waals surface area contributed by atoms with Crippen LogP contribution in [-0.4, -0.2) is 15.6 Å². The van der Waals surface area contributed by atoms with E-state index in [1.807, 2.05) is 24.6 Å². The van der Waals surface area contributed by atoms with E-state index >= 15 is 0 Å². The van der Waals surface area contributed by atoms with Gasteiger partial charge in [0.1, 0.15) is 18.0 Å². The molecule has 0 bridgehead atoms. The molecule has 0 saturated carbocycles. The van der Waals surface area contributed by atoms with Gasteiger partial charge in [-0.15, -0.1) is 0 Å². The van der Waals surface area contributed by atoms with Gasteiger partial charge in [0.05, 0.1) is 0 Å². The van der Waals surface area contributed by atoms with Crippen LogP contribution in [0.15, 0.2) is 6.20 Å². The van der Waals surface area contributed by atoms with Gasteiger partial charge in [0.25, 0.3) is 5.82 Å². The van der Waals surface area contributed by atoms with Crippen LogP contribution in [0.1, 0.15) is 44.2 Å². The highest BCUT2D eigenvalue weighted by Crippen LogP contribution is 2.10. The van der Waals surface area contributed by atoms with Crippen LogP contribution in [0.3, 0.4) is 0 Å². The summed E-state index contributed by atoms with van der Waals surface area (Å²) >= 11 is 0. The van der Waals surface area contributed by atoms with Gasteiger partial charge in [0.15, 0.2) is 12.6 Å². The van der Waals surface area contributed by atoms with Gasteiger partial charge in [0.2, 0.25) is 0 Å². The summed E-state index contributed by atoms with van der Waals surface area (Å²) in [7, 11) is 0. The largest absolute Gasteiger partial charge is 0.478 e. The van der Waals surface area contributed by atoms with Crippen molar-refractivity contribution in [3.8, 4) is 6.07 Å². The number of hydrogen-bond acceptors (Lipinski definition) is 2. The number of hydrogen-bond donors (Lipinski definition) is 1. The molecule has 0 radical (unpaired) electrons. The van der Waals surface area contributed by atoms with E-state index in [1.54, 1.807) is 4.57 Å². The zero-order chi connectivity index (χ0) is 13.7. The molecule has 1 atom stereocenters. The van der Waals surface area contributed by atoms with E-state index in [-0.39, 0.29) is 12.6 Å². The minimum absolute atomic E-state index is 0.0456. The minimum Gasteiger partial charge on any atom is -0.478 e. The molecule has 0 aromatic carbocycles. The highest BCUT2D eigenvalue weighted by Gasteiger charge is 2.24. The monoisotopic (exact) mass is 250 g/mol. The van der Waals surface area contributed by atoms with Crippen molar-refractivity contribution < 1.29 is 14.5 Å². The topological polar surface area (TPSA) is 69.9 Å². The van der Waals surface area contributed by atoms with E-state index in [9.17, 15) is 4.79 Å². The molecule has 0 amide bonds. The Bertz CT molecular complexity index is 471. The lowest BCUT2D eigenvalue weighted by Gasteiger charge is -2.01. The number of nitrogens with zero attached hydrogens (tertiary/aromatic N) is 3. The predicted octanol–water partition coefficient (Wildman–Crippen LogP) is 1.60. The molecular weight excluding hydrogens is 230 g/mol. The Kier molecular flexibility index (Phi) is 4.90. The number of unbranched alkanes of at least 4 members (excludes halogenated alkanes) is 1. The Morgan fingerprint density at radius 2 is 2.33 bits per heavy atom. The SMILES string of the molecule is CCCCc1c[n+](C(C)C#N)c(C)n1CC(=O)O. The number of carbonyl (C=O) groups is 1. The van der Waals surface area contributed by atoms with E-state index in [2.05, 4.69) is 13.0 Å². The summed E-state index contributed by atoms with van der Waals surface area (Å²) in [5.74, 6) is -0.0410. The maximum Gasteiger partial charge on any atom is 0.346 e. The molecule has 5 heteroatoms. The maximum atomic E-state index is 10.9. The fraction of sp³-hybridized carbons (Fsp3) is 0.615. The predicted molar refractivity (Wildman–Crippen MR) is 65.9 cm³/mol. The second-order valence-electron chi connectivity index (χ2n) is 4.46. The average molecular weight is 250 g/mol. The standard InChI is InChI=1S/C13H19N3O2/c1-4-5-6-12-8-15(10(2)7-14)11(3)16(12)9-13(17)18/h8,10H,4-6,9H2,1-3H3/p+1. The fourth-order valence-electron chi connectivity index (χ4n) is 2.03. The maximum absolute atomic E-state index is 10.9. The third-order valence-corrected chi connectivity index (χ3v) is 3.08. The molecule has 0 aliphatic heterocycles.